The van der Waals surface area contributed by atoms with Crippen molar-refractivity contribution in [1.82, 2.24) is 4.90 Å². The van der Waals surface area contributed by atoms with Gasteiger partial charge in [0.1, 0.15) is 11.4 Å². The molecule has 0 bridgehead atoms. The Morgan fingerprint density at radius 2 is 2.00 bits per heavy atom. The third kappa shape index (κ3) is 2.92. The monoisotopic (exact) mass is 343 g/mol. The summed E-state index contributed by atoms with van der Waals surface area (Å²) in [5, 5.41) is 11.3. The molecule has 4 rings (SSSR count). The zero-order valence-electron chi connectivity index (χ0n) is 13.8. The smallest absolute Gasteiger partial charge is 0.126 e. The van der Waals surface area contributed by atoms with E-state index in [1.54, 1.807) is 0 Å². The summed E-state index contributed by atoms with van der Waals surface area (Å²) >= 11 is 6.05. The second-order valence-corrected chi connectivity index (χ2v) is 7.57. The van der Waals surface area contributed by atoms with Crippen molar-refractivity contribution in [2.24, 2.45) is 0 Å². The van der Waals surface area contributed by atoms with Gasteiger partial charge in [-0.2, -0.15) is 0 Å². The van der Waals surface area contributed by atoms with E-state index < -0.39 is 6.10 Å². The largest absolute Gasteiger partial charge is 0.485 e. The first-order valence-corrected chi connectivity index (χ1v) is 8.87. The number of ether oxygens (including phenoxy) is 1. The molecule has 0 amide bonds. The Labute approximate surface area is 147 Å². The molecule has 2 aliphatic heterocycles. The van der Waals surface area contributed by atoms with Crippen LogP contribution in [-0.2, 0) is 6.54 Å². The quantitative estimate of drug-likeness (QED) is 0.887. The van der Waals surface area contributed by atoms with Crippen molar-refractivity contribution in [3.8, 4) is 5.75 Å². The third-order valence-electron chi connectivity index (χ3n) is 5.23. The van der Waals surface area contributed by atoms with E-state index >= 15 is 0 Å². The highest BCUT2D eigenvalue weighted by Crippen LogP contribution is 2.46. The highest BCUT2D eigenvalue weighted by atomic mass is 35.5. The Morgan fingerprint density at radius 3 is 2.79 bits per heavy atom. The number of hydrogen-bond acceptors (Lipinski definition) is 3. The Hall–Kier alpha value is -1.55. The van der Waals surface area contributed by atoms with Crippen LogP contribution in [-0.4, -0.2) is 28.2 Å². The molecule has 0 aromatic heterocycles. The van der Waals surface area contributed by atoms with Gasteiger partial charge in [-0.05, 0) is 30.7 Å². The molecule has 0 radical (unpaired) electrons. The molecule has 0 aliphatic carbocycles. The number of likely N-dealkylation sites (tertiary alicyclic amines) is 1. The van der Waals surface area contributed by atoms with E-state index in [9.17, 15) is 5.11 Å². The summed E-state index contributed by atoms with van der Waals surface area (Å²) in [6, 6.07) is 16.5. The van der Waals surface area contributed by atoms with Crippen molar-refractivity contribution in [2.75, 3.05) is 6.54 Å². The highest BCUT2D eigenvalue weighted by Gasteiger charge is 2.48. The van der Waals surface area contributed by atoms with Crippen LogP contribution in [0.1, 0.15) is 37.0 Å². The molecule has 0 saturated carbocycles. The second kappa shape index (κ2) is 6.07. The minimum absolute atomic E-state index is 0.311. The summed E-state index contributed by atoms with van der Waals surface area (Å²) in [7, 11) is 0. The number of aliphatic hydroxyl groups excluding tert-OH is 1. The molecule has 3 unspecified atom stereocenters. The van der Waals surface area contributed by atoms with Gasteiger partial charge in [-0.15, -0.1) is 0 Å². The van der Waals surface area contributed by atoms with Crippen molar-refractivity contribution >= 4 is 11.6 Å². The standard InChI is InChI=1S/C20H22ClNO2/c1-14-10-20(13-22(14)12-15-5-3-2-4-6-15)11-18(23)17-9-16(21)7-8-19(17)24-20/h2-9,14,18,23H,10-13H2,1H3. The van der Waals surface area contributed by atoms with Crippen LogP contribution < -0.4 is 4.74 Å². The summed E-state index contributed by atoms with van der Waals surface area (Å²) < 4.78 is 6.38. The van der Waals surface area contributed by atoms with E-state index in [0.717, 1.165) is 30.8 Å². The Bertz CT molecular complexity index is 736. The van der Waals surface area contributed by atoms with Crippen LogP contribution in [0.2, 0.25) is 5.02 Å². The first-order valence-electron chi connectivity index (χ1n) is 8.49. The lowest BCUT2D eigenvalue weighted by Gasteiger charge is -2.38. The Balaban J connectivity index is 1.56. The van der Waals surface area contributed by atoms with Crippen molar-refractivity contribution in [3.05, 3.63) is 64.7 Å². The van der Waals surface area contributed by atoms with E-state index in [4.69, 9.17) is 16.3 Å². The predicted octanol–water partition coefficient (Wildman–Crippen LogP) is 4.19. The summed E-state index contributed by atoms with van der Waals surface area (Å²) in [5.74, 6) is 0.770. The highest BCUT2D eigenvalue weighted by molar-refractivity contribution is 6.30. The van der Waals surface area contributed by atoms with Crippen LogP contribution >= 0.6 is 11.6 Å². The maximum absolute atomic E-state index is 10.6. The van der Waals surface area contributed by atoms with Crippen LogP contribution in [0.15, 0.2) is 48.5 Å². The maximum atomic E-state index is 10.6. The van der Waals surface area contributed by atoms with Gasteiger partial charge in [0.15, 0.2) is 0 Å². The second-order valence-electron chi connectivity index (χ2n) is 7.13. The van der Waals surface area contributed by atoms with Gasteiger partial charge in [-0.3, -0.25) is 4.90 Å². The third-order valence-corrected chi connectivity index (χ3v) is 5.47. The molecule has 2 aliphatic rings. The minimum atomic E-state index is -0.517. The van der Waals surface area contributed by atoms with Crippen molar-refractivity contribution in [2.45, 2.75) is 44.1 Å². The normalized spacial score (nSPS) is 29.5. The topological polar surface area (TPSA) is 32.7 Å². The molecule has 126 valence electrons. The lowest BCUT2D eigenvalue weighted by atomic mass is 9.87. The van der Waals surface area contributed by atoms with Crippen molar-refractivity contribution in [1.29, 1.82) is 0 Å². The SMILES string of the molecule is CC1CC2(CC(O)c3cc(Cl)ccc3O2)CN1Cc1ccccc1. The average Bonchev–Trinajstić information content (AvgIpc) is 2.84. The van der Waals surface area contributed by atoms with Crippen LogP contribution in [0.5, 0.6) is 5.75 Å². The fourth-order valence-corrected chi connectivity index (χ4v) is 4.30. The van der Waals surface area contributed by atoms with Gasteiger partial charge in [0, 0.05) is 42.6 Å². The number of nitrogens with zero attached hydrogens (tertiary/aromatic N) is 1. The molecule has 2 heterocycles. The molecule has 2 aromatic carbocycles. The molecule has 3 atom stereocenters. The van der Waals surface area contributed by atoms with Crippen LogP contribution in [0, 0.1) is 0 Å². The van der Waals surface area contributed by atoms with E-state index in [1.165, 1.54) is 5.56 Å². The van der Waals surface area contributed by atoms with E-state index in [2.05, 4.69) is 36.1 Å². The number of fused-ring (bicyclic) bond motifs is 1. The average molecular weight is 344 g/mol. The van der Waals surface area contributed by atoms with E-state index in [-0.39, 0.29) is 5.60 Å². The van der Waals surface area contributed by atoms with Gasteiger partial charge in [0.2, 0.25) is 0 Å². The molecule has 4 heteroatoms. The molecular weight excluding hydrogens is 322 g/mol. The molecule has 1 saturated heterocycles. The van der Waals surface area contributed by atoms with Gasteiger partial charge >= 0.3 is 0 Å². The van der Waals surface area contributed by atoms with Crippen LogP contribution in [0.3, 0.4) is 0 Å². The van der Waals surface area contributed by atoms with Gasteiger partial charge in [0.05, 0.1) is 6.10 Å². The first-order chi connectivity index (χ1) is 11.5. The van der Waals surface area contributed by atoms with Crippen LogP contribution in [0.4, 0.5) is 0 Å². The molecule has 2 aromatic rings. The lowest BCUT2D eigenvalue weighted by molar-refractivity contribution is -0.00768. The van der Waals surface area contributed by atoms with E-state index in [0.29, 0.717) is 17.5 Å². The molecule has 3 nitrogen and oxygen atoms in total. The lowest BCUT2D eigenvalue weighted by Crippen LogP contribution is -2.43. The zero-order valence-corrected chi connectivity index (χ0v) is 14.5. The van der Waals surface area contributed by atoms with Crippen molar-refractivity contribution < 1.29 is 9.84 Å². The zero-order chi connectivity index (χ0) is 16.7. The van der Waals surface area contributed by atoms with E-state index in [1.807, 2.05) is 24.3 Å². The Morgan fingerprint density at radius 1 is 1.21 bits per heavy atom. The number of aliphatic hydroxyl groups is 1. The van der Waals surface area contributed by atoms with Crippen LogP contribution in [0.25, 0.3) is 0 Å². The summed E-state index contributed by atoms with van der Waals surface area (Å²) in [4.78, 5) is 2.45. The van der Waals surface area contributed by atoms with Gasteiger partial charge in [0.25, 0.3) is 0 Å². The summed E-state index contributed by atoms with van der Waals surface area (Å²) in [5.41, 5.74) is 1.81. The first kappa shape index (κ1) is 15.9. The minimum Gasteiger partial charge on any atom is -0.485 e. The van der Waals surface area contributed by atoms with Crippen molar-refractivity contribution in [3.63, 3.8) is 0 Å². The molecule has 1 spiro atoms. The number of rotatable bonds is 2. The number of halogens is 1. The molecule has 1 fully saturated rings. The maximum Gasteiger partial charge on any atom is 0.126 e. The van der Waals surface area contributed by atoms with Gasteiger partial charge < -0.3 is 9.84 Å². The molecule has 1 N–H and O–H groups in total. The van der Waals surface area contributed by atoms with Gasteiger partial charge in [-0.1, -0.05) is 41.9 Å². The summed E-state index contributed by atoms with van der Waals surface area (Å²) in [6.07, 6.45) is 1.03. The molecule has 24 heavy (non-hydrogen) atoms. The Kier molecular flexibility index (Phi) is 4.03. The predicted molar refractivity (Wildman–Crippen MR) is 95.3 cm³/mol. The summed E-state index contributed by atoms with van der Waals surface area (Å²) in [6.45, 7) is 3.99. The number of benzene rings is 2. The molecular formula is C20H22ClNO2. The number of hydrogen-bond donors (Lipinski definition) is 1. The fraction of sp³-hybridized carbons (Fsp3) is 0.400. The fourth-order valence-electron chi connectivity index (χ4n) is 4.12. The van der Waals surface area contributed by atoms with Gasteiger partial charge in [-0.25, -0.2) is 0 Å².